The minimum atomic E-state index is -0.283. The molecular weight excluding hydrogens is 356 g/mol. The van der Waals surface area contributed by atoms with E-state index < -0.39 is 0 Å². The molecule has 0 bridgehead atoms. The minimum absolute atomic E-state index is 0.283. The van der Waals surface area contributed by atoms with E-state index in [1.54, 1.807) is 0 Å². The first-order chi connectivity index (χ1) is 13.7. The molecule has 0 saturated heterocycles. The summed E-state index contributed by atoms with van der Waals surface area (Å²) in [7, 11) is 0. The quantitative estimate of drug-likeness (QED) is 0.135. The third-order valence-electron chi connectivity index (χ3n) is 4.53. The highest BCUT2D eigenvalue weighted by molar-refractivity contribution is 5.83. The van der Waals surface area contributed by atoms with Crippen LogP contribution in [0.2, 0.25) is 0 Å². The second kappa shape index (κ2) is 16.8. The van der Waals surface area contributed by atoms with Crippen molar-refractivity contribution in [2.45, 2.75) is 87.0 Å². The van der Waals surface area contributed by atoms with Crippen LogP contribution in [-0.4, -0.2) is 12.6 Å². The number of carbonyl (C=O) groups excluding carboxylic acids is 1. The molecule has 0 amide bonds. The fraction of sp³-hybridized carbons (Fsp3) is 0.519. The van der Waals surface area contributed by atoms with Crippen molar-refractivity contribution in [3.05, 3.63) is 70.4 Å². The van der Waals surface area contributed by atoms with Gasteiger partial charge >= 0.3 is 5.97 Å². The maximum absolute atomic E-state index is 11.4. The summed E-state index contributed by atoms with van der Waals surface area (Å²) in [5, 5.41) is 0. The summed E-state index contributed by atoms with van der Waals surface area (Å²) in [4.78, 5) is 11.4. The molecule has 0 N–H and O–H groups in total. The first kappa shape index (κ1) is 26.9. The average molecular weight is 399 g/mol. The van der Waals surface area contributed by atoms with Crippen molar-refractivity contribution in [2.75, 3.05) is 6.61 Å². The van der Waals surface area contributed by atoms with Crippen LogP contribution in [0.3, 0.4) is 0 Å². The normalized spacial score (nSPS) is 13.8. The van der Waals surface area contributed by atoms with Crippen LogP contribution >= 0.6 is 0 Å². The summed E-state index contributed by atoms with van der Waals surface area (Å²) in [6.07, 6.45) is 21.3. The van der Waals surface area contributed by atoms with Gasteiger partial charge < -0.3 is 4.74 Å². The lowest BCUT2D eigenvalue weighted by Crippen LogP contribution is -1.99. The van der Waals surface area contributed by atoms with Crippen molar-refractivity contribution in [3.8, 4) is 0 Å². The van der Waals surface area contributed by atoms with Crippen LogP contribution in [0.4, 0.5) is 0 Å². The van der Waals surface area contributed by atoms with E-state index in [-0.39, 0.29) is 5.97 Å². The molecule has 29 heavy (non-hydrogen) atoms. The van der Waals surface area contributed by atoms with Crippen LogP contribution in [0.5, 0.6) is 0 Å². The Morgan fingerprint density at radius 3 is 1.79 bits per heavy atom. The molecule has 0 aliphatic heterocycles. The van der Waals surface area contributed by atoms with Crippen molar-refractivity contribution in [2.24, 2.45) is 0 Å². The predicted octanol–water partition coefficient (Wildman–Crippen LogP) is 8.20. The summed E-state index contributed by atoms with van der Waals surface area (Å²) in [5.74, 6) is -0.283. The van der Waals surface area contributed by atoms with E-state index in [1.807, 2.05) is 26.0 Å². The van der Waals surface area contributed by atoms with E-state index in [0.717, 1.165) is 37.7 Å². The monoisotopic (exact) mass is 398 g/mol. The minimum Gasteiger partial charge on any atom is -0.463 e. The van der Waals surface area contributed by atoms with E-state index in [9.17, 15) is 4.79 Å². The lowest BCUT2D eigenvalue weighted by atomic mass is 10.0. The second-order valence-corrected chi connectivity index (χ2v) is 8.01. The van der Waals surface area contributed by atoms with Crippen LogP contribution in [0.1, 0.15) is 87.0 Å². The third kappa shape index (κ3) is 17.7. The Balaban J connectivity index is 4.25. The molecule has 0 unspecified atom stereocenters. The fourth-order valence-electron chi connectivity index (χ4n) is 2.75. The average Bonchev–Trinajstić information content (AvgIpc) is 2.61. The van der Waals surface area contributed by atoms with Gasteiger partial charge in [0.05, 0.1) is 6.61 Å². The molecule has 162 valence electrons. The van der Waals surface area contributed by atoms with Crippen molar-refractivity contribution in [1.82, 2.24) is 0 Å². The van der Waals surface area contributed by atoms with Crippen molar-refractivity contribution in [1.29, 1.82) is 0 Å². The largest absolute Gasteiger partial charge is 0.463 e. The molecule has 0 aromatic carbocycles. The lowest BCUT2D eigenvalue weighted by Gasteiger charge is -2.02. The van der Waals surface area contributed by atoms with Gasteiger partial charge in [0.25, 0.3) is 0 Å². The summed E-state index contributed by atoms with van der Waals surface area (Å²) in [6, 6.07) is 0. The van der Waals surface area contributed by atoms with Crippen LogP contribution in [0.25, 0.3) is 0 Å². The molecule has 0 aromatic rings. The second-order valence-electron chi connectivity index (χ2n) is 8.01. The van der Waals surface area contributed by atoms with Gasteiger partial charge in [0.2, 0.25) is 0 Å². The van der Waals surface area contributed by atoms with E-state index in [0.29, 0.717) is 6.61 Å². The van der Waals surface area contributed by atoms with Crippen molar-refractivity contribution < 1.29 is 9.53 Å². The zero-order chi connectivity index (χ0) is 22.1. The third-order valence-corrected chi connectivity index (χ3v) is 4.53. The molecule has 0 aliphatic rings. The van der Waals surface area contributed by atoms with Gasteiger partial charge in [-0.1, -0.05) is 58.7 Å². The molecule has 2 heteroatoms. The number of ether oxygens (including phenoxy) is 1. The van der Waals surface area contributed by atoms with Crippen LogP contribution < -0.4 is 0 Å². The van der Waals surface area contributed by atoms with E-state index in [2.05, 4.69) is 58.9 Å². The lowest BCUT2D eigenvalue weighted by molar-refractivity contribution is -0.137. The fourth-order valence-corrected chi connectivity index (χ4v) is 2.75. The molecule has 0 rings (SSSR count). The molecule has 0 aromatic heterocycles. The first-order valence-corrected chi connectivity index (χ1v) is 10.9. The molecule has 0 saturated carbocycles. The highest BCUT2D eigenvalue weighted by Crippen LogP contribution is 2.13. The number of carbonyl (C=O) groups is 1. The van der Waals surface area contributed by atoms with Crippen LogP contribution in [-0.2, 0) is 9.53 Å². The number of rotatable bonds is 13. The van der Waals surface area contributed by atoms with Gasteiger partial charge in [-0.2, -0.15) is 0 Å². The number of allylic oxidation sites excluding steroid dienone is 11. The van der Waals surface area contributed by atoms with Gasteiger partial charge in [-0.15, -0.1) is 0 Å². The van der Waals surface area contributed by atoms with Gasteiger partial charge in [0.15, 0.2) is 0 Å². The zero-order valence-electron chi connectivity index (χ0n) is 19.8. The summed E-state index contributed by atoms with van der Waals surface area (Å²) in [5.41, 5.74) is 6.60. The van der Waals surface area contributed by atoms with Crippen molar-refractivity contribution >= 4 is 5.97 Å². The van der Waals surface area contributed by atoms with Gasteiger partial charge in [0, 0.05) is 6.08 Å². The predicted molar refractivity (Wildman–Crippen MR) is 128 cm³/mol. The van der Waals surface area contributed by atoms with Crippen LogP contribution in [0.15, 0.2) is 70.4 Å². The van der Waals surface area contributed by atoms with Gasteiger partial charge in [0.1, 0.15) is 0 Å². The molecular formula is C27H42O2. The Labute approximate surface area is 179 Å². The molecule has 0 aliphatic carbocycles. The standard InChI is InChI=1S/C27H42O2/c1-8-29-27(28)21-26(7)20-12-19-25(6)18-11-17-24(5)16-10-15-23(4)14-9-13-22(2)3/h12-13,15,17,19-21H,8-11,14,16,18H2,1-7H3/b20-12+,23-15+,24-17+,25-19+,26-21+. The smallest absolute Gasteiger partial charge is 0.330 e. The first-order valence-electron chi connectivity index (χ1n) is 10.9. The topological polar surface area (TPSA) is 26.3 Å². The SMILES string of the molecule is CCOC(=O)/C=C(C)/C=C/C=C(\C)CC/C=C(\C)CC/C=C(\C)CCC=C(C)C. The number of hydrogen-bond acceptors (Lipinski definition) is 2. The van der Waals surface area contributed by atoms with Gasteiger partial charge in [-0.05, 0) is 92.6 Å². The maximum atomic E-state index is 11.4. The summed E-state index contributed by atoms with van der Waals surface area (Å²) in [6.45, 7) is 15.1. The van der Waals surface area contributed by atoms with E-state index >= 15 is 0 Å². The molecule has 0 fully saturated rings. The molecule has 0 heterocycles. The summed E-state index contributed by atoms with van der Waals surface area (Å²) >= 11 is 0. The van der Waals surface area contributed by atoms with Crippen molar-refractivity contribution in [3.63, 3.8) is 0 Å². The molecule has 0 atom stereocenters. The number of hydrogen-bond donors (Lipinski definition) is 0. The Kier molecular flexibility index (Phi) is 15.6. The van der Waals surface area contributed by atoms with E-state index in [1.165, 1.54) is 34.8 Å². The maximum Gasteiger partial charge on any atom is 0.330 e. The molecule has 0 spiro atoms. The highest BCUT2D eigenvalue weighted by atomic mass is 16.5. The van der Waals surface area contributed by atoms with E-state index in [4.69, 9.17) is 4.74 Å². The Morgan fingerprint density at radius 2 is 1.28 bits per heavy atom. The Bertz CT molecular complexity index is 663. The Hall–Kier alpha value is -2.09. The molecule has 0 radical (unpaired) electrons. The highest BCUT2D eigenvalue weighted by Gasteiger charge is 1.95. The number of esters is 1. The molecule has 2 nitrogen and oxygen atoms in total. The summed E-state index contributed by atoms with van der Waals surface area (Å²) < 4.78 is 4.91. The zero-order valence-corrected chi connectivity index (χ0v) is 19.8. The van der Waals surface area contributed by atoms with Gasteiger partial charge in [-0.25, -0.2) is 4.79 Å². The van der Waals surface area contributed by atoms with Gasteiger partial charge in [-0.3, -0.25) is 0 Å². The van der Waals surface area contributed by atoms with Crippen LogP contribution in [0, 0.1) is 0 Å². The Morgan fingerprint density at radius 1 is 0.759 bits per heavy atom.